The van der Waals surface area contributed by atoms with Crippen molar-refractivity contribution in [2.24, 2.45) is 5.92 Å². The smallest absolute Gasteiger partial charge is 0.273 e. The van der Waals surface area contributed by atoms with Crippen molar-refractivity contribution in [3.8, 4) is 0 Å². The molecule has 1 atom stereocenters. The van der Waals surface area contributed by atoms with Gasteiger partial charge in [0.15, 0.2) is 0 Å². The molecule has 1 aliphatic rings. The van der Waals surface area contributed by atoms with E-state index in [2.05, 4.69) is 24.5 Å². The van der Waals surface area contributed by atoms with E-state index in [-0.39, 0.29) is 36.3 Å². The van der Waals surface area contributed by atoms with E-state index in [1.165, 1.54) is 19.1 Å². The highest BCUT2D eigenvalue weighted by Crippen LogP contribution is 2.39. The quantitative estimate of drug-likeness (QED) is 0.505. The van der Waals surface area contributed by atoms with Crippen LogP contribution in [0.5, 0.6) is 0 Å². The average molecular weight is 493 g/mol. The second-order valence-corrected chi connectivity index (χ2v) is 10.2. The molecule has 0 saturated carbocycles. The Labute approximate surface area is 210 Å². The number of fused-ring (bicyclic) bond motifs is 3. The first-order chi connectivity index (χ1) is 17.0. The van der Waals surface area contributed by atoms with Gasteiger partial charge in [-0.2, -0.15) is 0 Å². The molecule has 8 heteroatoms. The van der Waals surface area contributed by atoms with Gasteiger partial charge in [-0.05, 0) is 55.5 Å². The largest absolute Gasteiger partial charge is 0.354 e. The highest BCUT2D eigenvalue weighted by atomic mass is 19.1. The topological polar surface area (TPSA) is 83.4 Å². The fourth-order valence-corrected chi connectivity index (χ4v) is 4.82. The summed E-state index contributed by atoms with van der Waals surface area (Å²) in [5.41, 5.74) is 1.80. The number of aromatic nitrogens is 1. The zero-order valence-electron chi connectivity index (χ0n) is 21.4. The molecular formula is C28H33FN4O3. The second-order valence-electron chi connectivity index (χ2n) is 10.2. The van der Waals surface area contributed by atoms with Crippen molar-refractivity contribution < 1.29 is 18.8 Å². The number of benzene rings is 2. The maximum atomic E-state index is 14.2. The predicted molar refractivity (Wildman–Crippen MR) is 138 cm³/mol. The molecule has 0 aliphatic carbocycles. The van der Waals surface area contributed by atoms with E-state index in [0.29, 0.717) is 23.4 Å². The Morgan fingerprint density at radius 2 is 1.89 bits per heavy atom. The number of hydrogen-bond acceptors (Lipinski definition) is 3. The van der Waals surface area contributed by atoms with Crippen LogP contribution in [-0.4, -0.2) is 39.3 Å². The fraction of sp³-hybridized carbons (Fsp3) is 0.393. The minimum Gasteiger partial charge on any atom is -0.354 e. The van der Waals surface area contributed by atoms with E-state index in [9.17, 15) is 18.8 Å². The molecule has 2 aromatic carbocycles. The highest BCUT2D eigenvalue weighted by Gasteiger charge is 2.49. The molecule has 0 saturated heterocycles. The van der Waals surface area contributed by atoms with Crippen LogP contribution >= 0.6 is 0 Å². The van der Waals surface area contributed by atoms with Crippen LogP contribution < -0.4 is 10.6 Å². The number of amides is 3. The van der Waals surface area contributed by atoms with Crippen LogP contribution in [0.3, 0.4) is 0 Å². The average Bonchev–Trinajstić information content (AvgIpc) is 3.09. The van der Waals surface area contributed by atoms with Crippen molar-refractivity contribution in [1.82, 2.24) is 14.8 Å². The molecule has 36 heavy (non-hydrogen) atoms. The van der Waals surface area contributed by atoms with E-state index >= 15 is 0 Å². The van der Waals surface area contributed by atoms with E-state index in [1.54, 1.807) is 22.5 Å². The molecule has 2 heterocycles. The molecule has 4 rings (SSSR count). The molecule has 0 spiro atoms. The Kier molecular flexibility index (Phi) is 6.89. The number of rotatable bonds is 7. The molecule has 0 bridgehead atoms. The Morgan fingerprint density at radius 3 is 2.56 bits per heavy atom. The minimum atomic E-state index is -1.21. The fourth-order valence-electron chi connectivity index (χ4n) is 4.82. The van der Waals surface area contributed by atoms with Gasteiger partial charge >= 0.3 is 0 Å². The number of halogens is 1. The van der Waals surface area contributed by atoms with Crippen molar-refractivity contribution in [2.75, 3.05) is 11.9 Å². The Bertz CT molecular complexity index is 1350. The summed E-state index contributed by atoms with van der Waals surface area (Å²) < 4.78 is 16.0. The maximum Gasteiger partial charge on any atom is 0.273 e. The van der Waals surface area contributed by atoms with Crippen LogP contribution in [-0.2, 0) is 22.7 Å². The zero-order chi connectivity index (χ0) is 26.2. The number of anilines is 1. The summed E-state index contributed by atoms with van der Waals surface area (Å²) in [6.45, 7) is 10.1. The third-order valence-electron chi connectivity index (χ3n) is 6.92. The first-order valence-corrected chi connectivity index (χ1v) is 12.3. The van der Waals surface area contributed by atoms with Crippen molar-refractivity contribution in [2.45, 2.75) is 59.7 Å². The van der Waals surface area contributed by atoms with Crippen molar-refractivity contribution >= 4 is 34.3 Å². The number of carbonyl (C=O) groups excluding carboxylic acids is 3. The lowest BCUT2D eigenvalue weighted by Gasteiger charge is -2.44. The standard InChI is InChI=1S/C28H33FN4O3/c1-17(2)12-13-30-27(36)28(5)16-32-23-11-10-21(29)14-22(23)24(31-19(4)34)25(32)26(35)33(28)15-20-9-7-6-8-18(20)3/h6-11,14,17H,12-13,15-16H2,1-5H3,(H,30,36)(H,31,34). The number of nitrogens with zero attached hydrogens (tertiary/aromatic N) is 2. The highest BCUT2D eigenvalue weighted by molar-refractivity contribution is 6.14. The van der Waals surface area contributed by atoms with Crippen LogP contribution in [0.4, 0.5) is 10.1 Å². The third kappa shape index (κ3) is 4.59. The summed E-state index contributed by atoms with van der Waals surface area (Å²) in [6.07, 6.45) is 0.817. The van der Waals surface area contributed by atoms with Gasteiger partial charge in [-0.1, -0.05) is 38.1 Å². The number of aryl methyl sites for hydroxylation is 1. The Morgan fingerprint density at radius 1 is 1.17 bits per heavy atom. The zero-order valence-corrected chi connectivity index (χ0v) is 21.4. The molecule has 2 N–H and O–H groups in total. The van der Waals surface area contributed by atoms with Gasteiger partial charge in [-0.25, -0.2) is 4.39 Å². The van der Waals surface area contributed by atoms with Crippen LogP contribution in [0.2, 0.25) is 0 Å². The molecule has 1 aliphatic heterocycles. The molecule has 190 valence electrons. The molecule has 0 fully saturated rings. The molecule has 0 radical (unpaired) electrons. The molecule has 1 unspecified atom stereocenters. The van der Waals surface area contributed by atoms with Gasteiger partial charge in [0.2, 0.25) is 11.8 Å². The van der Waals surface area contributed by atoms with Crippen LogP contribution in [0.25, 0.3) is 10.9 Å². The van der Waals surface area contributed by atoms with E-state index in [0.717, 1.165) is 17.5 Å². The van der Waals surface area contributed by atoms with Gasteiger partial charge in [0.25, 0.3) is 5.91 Å². The Hall–Kier alpha value is -3.68. The number of hydrogen-bond donors (Lipinski definition) is 2. The second kappa shape index (κ2) is 9.76. The number of nitrogens with one attached hydrogen (secondary N) is 2. The van der Waals surface area contributed by atoms with Gasteiger partial charge in [0, 0.05) is 25.4 Å². The maximum absolute atomic E-state index is 14.2. The van der Waals surface area contributed by atoms with Crippen LogP contribution in [0.1, 0.15) is 55.7 Å². The normalized spacial score (nSPS) is 17.4. The minimum absolute atomic E-state index is 0.162. The first kappa shape index (κ1) is 25.4. The summed E-state index contributed by atoms with van der Waals surface area (Å²) in [5.74, 6) is -1.07. The molecule has 3 aromatic rings. The van der Waals surface area contributed by atoms with Gasteiger partial charge in [0.05, 0.1) is 17.7 Å². The van der Waals surface area contributed by atoms with Crippen molar-refractivity contribution in [3.63, 3.8) is 0 Å². The summed E-state index contributed by atoms with van der Waals surface area (Å²) in [6, 6.07) is 11.9. The molecular weight excluding hydrogens is 459 g/mol. The predicted octanol–water partition coefficient (Wildman–Crippen LogP) is 4.62. The lowest BCUT2D eigenvalue weighted by Crippen LogP contribution is -2.63. The van der Waals surface area contributed by atoms with Crippen LogP contribution in [0.15, 0.2) is 42.5 Å². The Balaban J connectivity index is 1.87. The van der Waals surface area contributed by atoms with Gasteiger partial charge < -0.3 is 20.1 Å². The SMILES string of the molecule is CC(=O)Nc1c2n(c3ccc(F)cc13)CC(C)(C(=O)NCCC(C)C)N(Cc1ccccc1C)C2=O. The lowest BCUT2D eigenvalue weighted by molar-refractivity contribution is -0.133. The molecule has 1 aromatic heterocycles. The van der Waals surface area contributed by atoms with E-state index in [1.807, 2.05) is 31.2 Å². The monoisotopic (exact) mass is 492 g/mol. The van der Waals surface area contributed by atoms with Crippen LogP contribution in [0, 0.1) is 18.7 Å². The van der Waals surface area contributed by atoms with E-state index < -0.39 is 17.3 Å². The summed E-state index contributed by atoms with van der Waals surface area (Å²) >= 11 is 0. The van der Waals surface area contributed by atoms with Gasteiger partial charge in [-0.3, -0.25) is 14.4 Å². The first-order valence-electron chi connectivity index (χ1n) is 12.3. The van der Waals surface area contributed by atoms with E-state index in [4.69, 9.17) is 0 Å². The lowest BCUT2D eigenvalue weighted by atomic mass is 9.93. The molecule has 7 nitrogen and oxygen atoms in total. The summed E-state index contributed by atoms with van der Waals surface area (Å²) in [5, 5.41) is 6.19. The molecule has 3 amide bonds. The van der Waals surface area contributed by atoms with Crippen molar-refractivity contribution in [1.29, 1.82) is 0 Å². The number of carbonyl (C=O) groups is 3. The van der Waals surface area contributed by atoms with Crippen molar-refractivity contribution in [3.05, 3.63) is 65.1 Å². The van der Waals surface area contributed by atoms with Gasteiger partial charge in [0.1, 0.15) is 17.1 Å². The van der Waals surface area contributed by atoms with Gasteiger partial charge in [-0.15, -0.1) is 0 Å². The summed E-state index contributed by atoms with van der Waals surface area (Å²) in [7, 11) is 0. The third-order valence-corrected chi connectivity index (χ3v) is 6.92. The summed E-state index contributed by atoms with van der Waals surface area (Å²) in [4.78, 5) is 41.5.